The first kappa shape index (κ1) is 10.6. The molecule has 1 aliphatic rings. The molecule has 0 spiro atoms. The molecule has 0 bridgehead atoms. The number of hydrogen-bond donors (Lipinski definition) is 1. The van der Waals surface area contributed by atoms with Gasteiger partial charge in [-0.3, -0.25) is 9.97 Å². The molecule has 0 aromatic carbocycles. The summed E-state index contributed by atoms with van der Waals surface area (Å²) in [7, 11) is 0. The van der Waals surface area contributed by atoms with E-state index < -0.39 is 0 Å². The van der Waals surface area contributed by atoms with Crippen molar-refractivity contribution in [2.45, 2.75) is 44.6 Å². The van der Waals surface area contributed by atoms with Gasteiger partial charge < -0.3 is 5.73 Å². The van der Waals surface area contributed by atoms with Gasteiger partial charge >= 0.3 is 0 Å². The van der Waals surface area contributed by atoms with Gasteiger partial charge in [0, 0.05) is 30.6 Å². The van der Waals surface area contributed by atoms with Crippen LogP contribution in [0.2, 0.25) is 0 Å². The third-order valence-corrected chi connectivity index (χ3v) is 3.52. The molecule has 2 N–H and O–H groups in total. The fourth-order valence-corrected chi connectivity index (χ4v) is 2.62. The average Bonchev–Trinajstić information content (AvgIpc) is 2.30. The third kappa shape index (κ3) is 2.34. The van der Waals surface area contributed by atoms with Crippen LogP contribution in [0.5, 0.6) is 0 Å². The maximum Gasteiger partial charge on any atom is 0.0620 e. The highest BCUT2D eigenvalue weighted by atomic mass is 14.8. The zero-order valence-electron chi connectivity index (χ0n) is 9.26. The minimum atomic E-state index is 0.347. The first-order valence-electron chi connectivity index (χ1n) is 5.82. The van der Waals surface area contributed by atoms with Crippen LogP contribution in [-0.4, -0.2) is 16.0 Å². The summed E-state index contributed by atoms with van der Waals surface area (Å²) >= 11 is 0. The molecule has 1 aromatic heterocycles. The molecule has 0 saturated heterocycles. The highest BCUT2D eigenvalue weighted by molar-refractivity contribution is 5.07. The van der Waals surface area contributed by atoms with Crippen molar-refractivity contribution in [3.8, 4) is 0 Å². The molecule has 1 aliphatic carbocycles. The van der Waals surface area contributed by atoms with Crippen LogP contribution in [0.3, 0.4) is 0 Å². The summed E-state index contributed by atoms with van der Waals surface area (Å²) in [6, 6.07) is 0.347. The Kier molecular flexibility index (Phi) is 3.31. The van der Waals surface area contributed by atoms with E-state index in [1.165, 1.54) is 12.8 Å². The van der Waals surface area contributed by atoms with Gasteiger partial charge in [-0.25, -0.2) is 0 Å². The first-order chi connectivity index (χ1) is 7.31. The van der Waals surface area contributed by atoms with Crippen LogP contribution in [0.25, 0.3) is 0 Å². The van der Waals surface area contributed by atoms with Crippen LogP contribution in [-0.2, 0) is 0 Å². The van der Waals surface area contributed by atoms with E-state index in [9.17, 15) is 0 Å². The summed E-state index contributed by atoms with van der Waals surface area (Å²) < 4.78 is 0. The molecule has 1 fully saturated rings. The van der Waals surface area contributed by atoms with Crippen molar-refractivity contribution < 1.29 is 0 Å². The Morgan fingerprint density at radius 1 is 1.40 bits per heavy atom. The van der Waals surface area contributed by atoms with Crippen molar-refractivity contribution in [3.63, 3.8) is 0 Å². The highest BCUT2D eigenvalue weighted by Crippen LogP contribution is 2.37. The molecule has 0 amide bonds. The smallest absolute Gasteiger partial charge is 0.0620 e. The molecule has 1 saturated carbocycles. The Bertz CT molecular complexity index is 299. The molecule has 0 radical (unpaired) electrons. The van der Waals surface area contributed by atoms with Gasteiger partial charge in [-0.1, -0.05) is 13.3 Å². The van der Waals surface area contributed by atoms with Crippen LogP contribution in [0.4, 0.5) is 0 Å². The number of aromatic nitrogens is 2. The second kappa shape index (κ2) is 4.71. The monoisotopic (exact) mass is 205 g/mol. The van der Waals surface area contributed by atoms with E-state index >= 15 is 0 Å². The van der Waals surface area contributed by atoms with Gasteiger partial charge in [0.25, 0.3) is 0 Å². The van der Waals surface area contributed by atoms with Gasteiger partial charge in [-0.2, -0.15) is 0 Å². The Morgan fingerprint density at radius 2 is 2.27 bits per heavy atom. The van der Waals surface area contributed by atoms with Crippen LogP contribution < -0.4 is 5.73 Å². The minimum Gasteiger partial charge on any atom is -0.328 e. The quantitative estimate of drug-likeness (QED) is 0.804. The van der Waals surface area contributed by atoms with Gasteiger partial charge in [0.05, 0.1) is 5.69 Å². The molecular formula is C12H19N3. The van der Waals surface area contributed by atoms with E-state index in [-0.39, 0.29) is 0 Å². The molecule has 3 unspecified atom stereocenters. The SMILES string of the molecule is CCC1CCC(N)CC1c1cnccn1. The van der Waals surface area contributed by atoms with Crippen molar-refractivity contribution in [3.05, 3.63) is 24.3 Å². The predicted octanol–water partition coefficient (Wildman–Crippen LogP) is 2.10. The topological polar surface area (TPSA) is 51.8 Å². The summed E-state index contributed by atoms with van der Waals surface area (Å²) in [5.74, 6) is 1.26. The summed E-state index contributed by atoms with van der Waals surface area (Å²) in [4.78, 5) is 8.57. The van der Waals surface area contributed by atoms with E-state index in [0.29, 0.717) is 12.0 Å². The lowest BCUT2D eigenvalue weighted by molar-refractivity contribution is 0.269. The molecule has 15 heavy (non-hydrogen) atoms. The second-order valence-electron chi connectivity index (χ2n) is 4.48. The van der Waals surface area contributed by atoms with Crippen molar-refractivity contribution in [1.29, 1.82) is 0 Å². The second-order valence-corrected chi connectivity index (χ2v) is 4.48. The Labute approximate surface area is 91.1 Å². The number of rotatable bonds is 2. The molecule has 3 nitrogen and oxygen atoms in total. The van der Waals surface area contributed by atoms with E-state index in [0.717, 1.165) is 24.5 Å². The average molecular weight is 205 g/mol. The summed E-state index contributed by atoms with van der Waals surface area (Å²) in [5, 5.41) is 0. The van der Waals surface area contributed by atoms with Crippen LogP contribution >= 0.6 is 0 Å². The van der Waals surface area contributed by atoms with E-state index in [2.05, 4.69) is 16.9 Å². The summed E-state index contributed by atoms with van der Waals surface area (Å²) in [6.07, 6.45) is 10.1. The van der Waals surface area contributed by atoms with Gasteiger partial charge in [-0.05, 0) is 25.2 Å². The van der Waals surface area contributed by atoms with Crippen LogP contribution in [0.15, 0.2) is 18.6 Å². The minimum absolute atomic E-state index is 0.347. The number of nitrogens with zero attached hydrogens (tertiary/aromatic N) is 2. The Balaban J connectivity index is 2.17. The largest absolute Gasteiger partial charge is 0.328 e. The fourth-order valence-electron chi connectivity index (χ4n) is 2.62. The molecule has 3 heteroatoms. The van der Waals surface area contributed by atoms with Crippen molar-refractivity contribution in [2.75, 3.05) is 0 Å². The lowest BCUT2D eigenvalue weighted by Gasteiger charge is -2.33. The van der Waals surface area contributed by atoms with Crippen LogP contribution in [0, 0.1) is 5.92 Å². The lowest BCUT2D eigenvalue weighted by atomic mass is 9.74. The zero-order chi connectivity index (χ0) is 10.7. The van der Waals surface area contributed by atoms with Crippen LogP contribution in [0.1, 0.15) is 44.2 Å². The summed E-state index contributed by atoms with van der Waals surface area (Å²) in [6.45, 7) is 2.25. The molecule has 2 rings (SSSR count). The Morgan fingerprint density at radius 3 is 2.93 bits per heavy atom. The molecule has 82 valence electrons. The fraction of sp³-hybridized carbons (Fsp3) is 0.667. The predicted molar refractivity (Wildman–Crippen MR) is 60.4 cm³/mol. The molecule has 3 atom stereocenters. The molecule has 1 aromatic rings. The van der Waals surface area contributed by atoms with Crippen molar-refractivity contribution in [2.24, 2.45) is 11.7 Å². The van der Waals surface area contributed by atoms with Gasteiger partial charge in [0.1, 0.15) is 0 Å². The Hall–Kier alpha value is -0.960. The maximum absolute atomic E-state index is 6.03. The lowest BCUT2D eigenvalue weighted by Crippen LogP contribution is -2.32. The highest BCUT2D eigenvalue weighted by Gasteiger charge is 2.29. The number of hydrogen-bond acceptors (Lipinski definition) is 3. The normalized spacial score (nSPS) is 31.5. The van der Waals surface area contributed by atoms with Gasteiger partial charge in [0.15, 0.2) is 0 Å². The standard InChI is InChI=1S/C12H19N3/c1-2-9-3-4-10(13)7-11(9)12-8-14-5-6-15-12/h5-6,8-11H,2-4,7,13H2,1H3. The third-order valence-electron chi connectivity index (χ3n) is 3.52. The summed E-state index contributed by atoms with van der Waals surface area (Å²) in [5.41, 5.74) is 7.16. The van der Waals surface area contributed by atoms with E-state index in [1.54, 1.807) is 12.4 Å². The van der Waals surface area contributed by atoms with E-state index in [1.807, 2.05) is 6.20 Å². The van der Waals surface area contributed by atoms with Crippen molar-refractivity contribution >= 4 is 0 Å². The zero-order valence-corrected chi connectivity index (χ0v) is 9.26. The van der Waals surface area contributed by atoms with E-state index in [4.69, 9.17) is 5.73 Å². The van der Waals surface area contributed by atoms with Crippen molar-refractivity contribution in [1.82, 2.24) is 9.97 Å². The number of nitrogens with two attached hydrogens (primary N) is 1. The molecular weight excluding hydrogens is 186 g/mol. The maximum atomic E-state index is 6.03. The molecule has 0 aliphatic heterocycles. The van der Waals surface area contributed by atoms with Gasteiger partial charge in [-0.15, -0.1) is 0 Å². The van der Waals surface area contributed by atoms with Gasteiger partial charge in [0.2, 0.25) is 0 Å². The first-order valence-corrected chi connectivity index (χ1v) is 5.82. The molecule has 1 heterocycles.